The molecule has 2 heteroatoms. The Hall–Kier alpha value is -0.0800. The largest absolute Gasteiger partial charge is 0.394 e. The van der Waals surface area contributed by atoms with Crippen LogP contribution in [-0.4, -0.2) is 23.8 Å². The van der Waals surface area contributed by atoms with E-state index < -0.39 is 0 Å². The fourth-order valence-electron chi connectivity index (χ4n) is 2.86. The Labute approximate surface area is 93.5 Å². The molecule has 2 aliphatic rings. The lowest BCUT2D eigenvalue weighted by Crippen LogP contribution is -2.39. The molecule has 0 radical (unpaired) electrons. The molecule has 2 saturated carbocycles. The number of aliphatic hydroxyl groups is 1. The van der Waals surface area contributed by atoms with Gasteiger partial charge in [-0.2, -0.15) is 0 Å². The third kappa shape index (κ3) is 2.94. The highest BCUT2D eigenvalue weighted by molar-refractivity contribution is 5.01. The van der Waals surface area contributed by atoms with Crippen molar-refractivity contribution in [1.82, 2.24) is 5.32 Å². The summed E-state index contributed by atoms with van der Waals surface area (Å²) in [6, 6.07) is 0. The van der Waals surface area contributed by atoms with E-state index in [9.17, 15) is 5.11 Å². The van der Waals surface area contributed by atoms with Crippen molar-refractivity contribution in [1.29, 1.82) is 0 Å². The molecule has 88 valence electrons. The van der Waals surface area contributed by atoms with Crippen LogP contribution in [0.1, 0.15) is 51.9 Å². The molecule has 0 spiro atoms. The summed E-state index contributed by atoms with van der Waals surface area (Å²) >= 11 is 0. The summed E-state index contributed by atoms with van der Waals surface area (Å²) in [7, 11) is 0. The first-order valence-electron chi connectivity index (χ1n) is 6.64. The van der Waals surface area contributed by atoms with Gasteiger partial charge in [0.25, 0.3) is 0 Å². The molecule has 0 aliphatic heterocycles. The van der Waals surface area contributed by atoms with Crippen molar-refractivity contribution >= 4 is 0 Å². The van der Waals surface area contributed by atoms with Gasteiger partial charge in [-0.05, 0) is 44.1 Å². The summed E-state index contributed by atoms with van der Waals surface area (Å²) < 4.78 is 0. The van der Waals surface area contributed by atoms with Crippen molar-refractivity contribution in [3.05, 3.63) is 0 Å². The highest BCUT2D eigenvalue weighted by Crippen LogP contribution is 2.36. The molecule has 2 rings (SSSR count). The molecule has 2 atom stereocenters. The van der Waals surface area contributed by atoms with Gasteiger partial charge in [0.2, 0.25) is 0 Å². The van der Waals surface area contributed by atoms with Crippen LogP contribution in [0, 0.1) is 11.8 Å². The summed E-state index contributed by atoms with van der Waals surface area (Å²) in [6.07, 6.45) is 9.35. The summed E-state index contributed by atoms with van der Waals surface area (Å²) in [5.41, 5.74) is 0.138. The predicted octanol–water partition coefficient (Wildman–Crippen LogP) is 2.32. The van der Waals surface area contributed by atoms with E-state index in [0.29, 0.717) is 6.61 Å². The van der Waals surface area contributed by atoms with Crippen LogP contribution in [-0.2, 0) is 0 Å². The minimum atomic E-state index is 0.138. The topological polar surface area (TPSA) is 32.3 Å². The molecule has 2 nitrogen and oxygen atoms in total. The van der Waals surface area contributed by atoms with Gasteiger partial charge >= 0.3 is 0 Å². The van der Waals surface area contributed by atoms with E-state index in [1.54, 1.807) is 0 Å². The number of aliphatic hydroxyl groups excluding tert-OH is 1. The Morgan fingerprint density at radius 2 is 2.00 bits per heavy atom. The van der Waals surface area contributed by atoms with E-state index in [4.69, 9.17) is 0 Å². The molecule has 0 saturated heterocycles. The first-order chi connectivity index (χ1) is 7.28. The molecule has 0 aromatic carbocycles. The maximum Gasteiger partial charge on any atom is 0.0613 e. The molecular formula is C13H25NO. The second-order valence-electron chi connectivity index (χ2n) is 5.63. The summed E-state index contributed by atoms with van der Waals surface area (Å²) in [5, 5.41) is 12.8. The van der Waals surface area contributed by atoms with Crippen LogP contribution < -0.4 is 5.32 Å². The maximum absolute atomic E-state index is 9.22. The minimum absolute atomic E-state index is 0.138. The second-order valence-corrected chi connectivity index (χ2v) is 5.63. The third-order valence-electron chi connectivity index (χ3n) is 4.39. The standard InChI is InChI=1S/C13H25NO/c1-2-11-4-3-5-12(8-11)9-14-13(10-15)6-7-13/h11-12,14-15H,2-10H2,1H3. The molecule has 2 aliphatic carbocycles. The maximum atomic E-state index is 9.22. The summed E-state index contributed by atoms with van der Waals surface area (Å²) in [5.74, 6) is 1.84. The monoisotopic (exact) mass is 211 g/mol. The molecule has 0 amide bonds. The van der Waals surface area contributed by atoms with Gasteiger partial charge in [-0.15, -0.1) is 0 Å². The van der Waals surface area contributed by atoms with Crippen LogP contribution in [0.3, 0.4) is 0 Å². The van der Waals surface area contributed by atoms with Crippen LogP contribution in [0.5, 0.6) is 0 Å². The zero-order valence-corrected chi connectivity index (χ0v) is 9.97. The Morgan fingerprint density at radius 3 is 2.60 bits per heavy atom. The first-order valence-corrected chi connectivity index (χ1v) is 6.64. The van der Waals surface area contributed by atoms with Crippen LogP contribution >= 0.6 is 0 Å². The molecule has 2 N–H and O–H groups in total. The lowest BCUT2D eigenvalue weighted by Gasteiger charge is -2.30. The molecule has 15 heavy (non-hydrogen) atoms. The van der Waals surface area contributed by atoms with Crippen LogP contribution in [0.2, 0.25) is 0 Å². The normalized spacial score (nSPS) is 34.0. The number of nitrogens with one attached hydrogen (secondary N) is 1. The molecule has 2 fully saturated rings. The second kappa shape index (κ2) is 4.84. The van der Waals surface area contributed by atoms with E-state index in [-0.39, 0.29) is 5.54 Å². The zero-order chi connectivity index (χ0) is 10.7. The van der Waals surface area contributed by atoms with Gasteiger partial charge in [0, 0.05) is 5.54 Å². The summed E-state index contributed by atoms with van der Waals surface area (Å²) in [4.78, 5) is 0. The lowest BCUT2D eigenvalue weighted by atomic mass is 9.80. The number of rotatable bonds is 5. The van der Waals surface area contributed by atoms with Gasteiger partial charge < -0.3 is 10.4 Å². The van der Waals surface area contributed by atoms with E-state index in [1.807, 2.05) is 0 Å². The molecule has 0 aromatic heterocycles. The van der Waals surface area contributed by atoms with Crippen LogP contribution in [0.15, 0.2) is 0 Å². The van der Waals surface area contributed by atoms with E-state index in [0.717, 1.165) is 18.4 Å². The SMILES string of the molecule is CCC1CCCC(CNC2(CO)CC2)C1. The molecule has 0 aromatic rings. The van der Waals surface area contributed by atoms with Crippen molar-refractivity contribution in [3.8, 4) is 0 Å². The van der Waals surface area contributed by atoms with Crippen molar-refractivity contribution in [3.63, 3.8) is 0 Å². The van der Waals surface area contributed by atoms with Gasteiger partial charge in [-0.1, -0.05) is 26.2 Å². The van der Waals surface area contributed by atoms with Crippen LogP contribution in [0.4, 0.5) is 0 Å². The number of hydrogen-bond acceptors (Lipinski definition) is 2. The van der Waals surface area contributed by atoms with Crippen molar-refractivity contribution < 1.29 is 5.11 Å². The molecule has 0 bridgehead atoms. The van der Waals surface area contributed by atoms with Gasteiger partial charge in [-0.3, -0.25) is 0 Å². The highest BCUT2D eigenvalue weighted by Gasteiger charge is 2.41. The quantitative estimate of drug-likeness (QED) is 0.731. The fraction of sp³-hybridized carbons (Fsp3) is 1.00. The lowest BCUT2D eigenvalue weighted by molar-refractivity contribution is 0.204. The number of hydrogen-bond donors (Lipinski definition) is 2. The van der Waals surface area contributed by atoms with Gasteiger partial charge in [0.15, 0.2) is 0 Å². The van der Waals surface area contributed by atoms with Gasteiger partial charge in [0.1, 0.15) is 0 Å². The average molecular weight is 211 g/mol. The molecule has 0 heterocycles. The molecular weight excluding hydrogens is 186 g/mol. The smallest absolute Gasteiger partial charge is 0.0613 e. The Kier molecular flexibility index (Phi) is 3.68. The van der Waals surface area contributed by atoms with Gasteiger partial charge in [-0.25, -0.2) is 0 Å². The van der Waals surface area contributed by atoms with Crippen molar-refractivity contribution in [2.45, 2.75) is 57.4 Å². The third-order valence-corrected chi connectivity index (χ3v) is 4.39. The summed E-state index contributed by atoms with van der Waals surface area (Å²) in [6.45, 7) is 3.78. The fourth-order valence-corrected chi connectivity index (χ4v) is 2.86. The highest BCUT2D eigenvalue weighted by atomic mass is 16.3. The first kappa shape index (κ1) is 11.4. The molecule has 2 unspecified atom stereocenters. The predicted molar refractivity (Wildman–Crippen MR) is 62.8 cm³/mol. The van der Waals surface area contributed by atoms with E-state index >= 15 is 0 Å². The zero-order valence-electron chi connectivity index (χ0n) is 9.97. The van der Waals surface area contributed by atoms with E-state index in [1.165, 1.54) is 44.9 Å². The Morgan fingerprint density at radius 1 is 1.27 bits per heavy atom. The Bertz CT molecular complexity index is 201. The van der Waals surface area contributed by atoms with Gasteiger partial charge in [0.05, 0.1) is 6.61 Å². The average Bonchev–Trinajstić information content (AvgIpc) is 3.07. The Balaban J connectivity index is 1.70. The van der Waals surface area contributed by atoms with Crippen molar-refractivity contribution in [2.75, 3.05) is 13.2 Å². The van der Waals surface area contributed by atoms with Crippen LogP contribution in [0.25, 0.3) is 0 Å². The minimum Gasteiger partial charge on any atom is -0.394 e. The van der Waals surface area contributed by atoms with E-state index in [2.05, 4.69) is 12.2 Å². The van der Waals surface area contributed by atoms with Crippen molar-refractivity contribution in [2.24, 2.45) is 11.8 Å².